The van der Waals surface area contributed by atoms with Crippen molar-refractivity contribution >= 4 is 38.9 Å². The molecule has 134 valence electrons. The van der Waals surface area contributed by atoms with Gasteiger partial charge in [-0.2, -0.15) is 8.78 Å². The van der Waals surface area contributed by atoms with Gasteiger partial charge in [-0.1, -0.05) is 11.6 Å². The van der Waals surface area contributed by atoms with Gasteiger partial charge >= 0.3 is 6.61 Å². The van der Waals surface area contributed by atoms with Crippen molar-refractivity contribution in [1.29, 1.82) is 0 Å². The summed E-state index contributed by atoms with van der Waals surface area (Å²) in [6.45, 7) is -1.67. The van der Waals surface area contributed by atoms with Gasteiger partial charge in [0.25, 0.3) is 10.0 Å². The van der Waals surface area contributed by atoms with Gasteiger partial charge in [0, 0.05) is 12.6 Å². The van der Waals surface area contributed by atoms with E-state index in [-0.39, 0.29) is 32.9 Å². The lowest BCUT2D eigenvalue weighted by molar-refractivity contribution is -0.114. The van der Waals surface area contributed by atoms with Crippen LogP contribution < -0.4 is 14.8 Å². The molecule has 2 aromatic carbocycles. The topological polar surface area (TPSA) is 84.5 Å². The second-order valence-electron chi connectivity index (χ2n) is 4.83. The summed E-state index contributed by atoms with van der Waals surface area (Å²) in [4.78, 5) is 10.9. The van der Waals surface area contributed by atoms with Gasteiger partial charge in [-0.05, 0) is 42.5 Å². The monoisotopic (exact) mass is 390 g/mol. The molecule has 0 unspecified atom stereocenters. The maximum Gasteiger partial charge on any atom is 0.387 e. The summed E-state index contributed by atoms with van der Waals surface area (Å²) in [6, 6.07) is 8.79. The Labute approximate surface area is 147 Å². The van der Waals surface area contributed by atoms with Crippen LogP contribution in [0.4, 0.5) is 20.2 Å². The van der Waals surface area contributed by atoms with Crippen LogP contribution in [0.15, 0.2) is 47.4 Å². The Bertz CT molecular complexity index is 874. The van der Waals surface area contributed by atoms with Crippen LogP contribution in [0.3, 0.4) is 0 Å². The van der Waals surface area contributed by atoms with E-state index >= 15 is 0 Å². The second-order valence-corrected chi connectivity index (χ2v) is 6.92. The van der Waals surface area contributed by atoms with Crippen LogP contribution in [0.2, 0.25) is 5.02 Å². The zero-order valence-corrected chi connectivity index (χ0v) is 14.4. The normalized spacial score (nSPS) is 11.2. The summed E-state index contributed by atoms with van der Waals surface area (Å²) in [7, 11) is -3.95. The van der Waals surface area contributed by atoms with Crippen molar-refractivity contribution in [1.82, 2.24) is 0 Å². The molecule has 0 aliphatic carbocycles. The van der Waals surface area contributed by atoms with Crippen molar-refractivity contribution in [3.05, 3.63) is 47.5 Å². The van der Waals surface area contributed by atoms with E-state index in [1.165, 1.54) is 49.4 Å². The van der Waals surface area contributed by atoms with Crippen LogP contribution in [-0.2, 0) is 14.8 Å². The number of hydrogen-bond acceptors (Lipinski definition) is 4. The van der Waals surface area contributed by atoms with Gasteiger partial charge in [-0.15, -0.1) is 0 Å². The van der Waals surface area contributed by atoms with Crippen LogP contribution in [0, 0.1) is 0 Å². The zero-order chi connectivity index (χ0) is 18.6. The summed E-state index contributed by atoms with van der Waals surface area (Å²) in [6.07, 6.45) is 0. The summed E-state index contributed by atoms with van der Waals surface area (Å²) < 4.78 is 55.3. The maximum atomic E-state index is 12.3. The Balaban J connectivity index is 2.18. The highest BCUT2D eigenvalue weighted by molar-refractivity contribution is 7.92. The third kappa shape index (κ3) is 5.30. The van der Waals surface area contributed by atoms with Crippen molar-refractivity contribution in [3.63, 3.8) is 0 Å². The maximum absolute atomic E-state index is 12.3. The molecule has 0 fully saturated rings. The molecular weight excluding hydrogens is 378 g/mol. The molecule has 0 saturated carbocycles. The molecule has 2 aromatic rings. The highest BCUT2D eigenvalue weighted by atomic mass is 35.5. The fraction of sp³-hybridized carbons (Fsp3) is 0.133. The van der Waals surface area contributed by atoms with E-state index in [1.807, 2.05) is 0 Å². The fourth-order valence-electron chi connectivity index (χ4n) is 1.87. The Morgan fingerprint density at radius 2 is 1.80 bits per heavy atom. The first-order chi connectivity index (χ1) is 11.7. The van der Waals surface area contributed by atoms with E-state index in [2.05, 4.69) is 14.8 Å². The number of carbonyl (C=O) groups excluding carboxylic acids is 1. The summed E-state index contributed by atoms with van der Waals surface area (Å²) in [5.74, 6) is -0.442. The molecule has 10 heteroatoms. The Morgan fingerprint density at radius 1 is 1.16 bits per heavy atom. The molecule has 2 rings (SSSR count). The molecule has 0 aliphatic heterocycles. The molecule has 0 atom stereocenters. The number of nitrogens with one attached hydrogen (secondary N) is 2. The number of anilines is 2. The molecule has 25 heavy (non-hydrogen) atoms. The molecule has 1 amide bonds. The van der Waals surface area contributed by atoms with Gasteiger partial charge < -0.3 is 10.1 Å². The number of alkyl halides is 2. The lowest BCUT2D eigenvalue weighted by Crippen LogP contribution is -2.13. The third-order valence-electron chi connectivity index (χ3n) is 2.89. The number of benzene rings is 2. The fourth-order valence-corrected chi connectivity index (χ4v) is 3.25. The van der Waals surface area contributed by atoms with E-state index in [4.69, 9.17) is 11.6 Å². The van der Waals surface area contributed by atoms with Crippen molar-refractivity contribution < 1.29 is 26.7 Å². The average molecular weight is 391 g/mol. The zero-order valence-electron chi connectivity index (χ0n) is 12.8. The number of halogens is 3. The van der Waals surface area contributed by atoms with Gasteiger partial charge in [0.15, 0.2) is 0 Å². The summed E-state index contributed by atoms with van der Waals surface area (Å²) in [5.41, 5.74) is 0.435. The second kappa shape index (κ2) is 7.66. The van der Waals surface area contributed by atoms with Crippen molar-refractivity contribution in [2.75, 3.05) is 10.0 Å². The van der Waals surface area contributed by atoms with Crippen LogP contribution >= 0.6 is 11.6 Å². The van der Waals surface area contributed by atoms with E-state index in [0.717, 1.165) is 0 Å². The van der Waals surface area contributed by atoms with E-state index in [0.29, 0.717) is 0 Å². The minimum absolute atomic E-state index is 0.0544. The summed E-state index contributed by atoms with van der Waals surface area (Å²) >= 11 is 5.96. The lowest BCUT2D eigenvalue weighted by Gasteiger charge is -2.11. The number of amides is 1. The molecule has 0 heterocycles. The molecule has 0 spiro atoms. The smallest absolute Gasteiger partial charge is 0.387 e. The molecule has 0 aliphatic rings. The first kappa shape index (κ1) is 18.9. The van der Waals surface area contributed by atoms with Gasteiger partial charge in [0.05, 0.1) is 15.6 Å². The van der Waals surface area contributed by atoms with Gasteiger partial charge in [0.2, 0.25) is 5.91 Å². The first-order valence-electron chi connectivity index (χ1n) is 6.82. The number of hydrogen-bond donors (Lipinski definition) is 2. The number of ether oxygens (including phenoxy) is 1. The molecule has 0 aromatic heterocycles. The predicted octanol–water partition coefficient (Wildman–Crippen LogP) is 3.70. The van der Waals surface area contributed by atoms with Crippen molar-refractivity contribution in [2.24, 2.45) is 0 Å². The molecule has 6 nitrogen and oxygen atoms in total. The molecule has 0 radical (unpaired) electrons. The molecule has 2 N–H and O–H groups in total. The van der Waals surface area contributed by atoms with Crippen LogP contribution in [-0.4, -0.2) is 20.9 Å². The van der Waals surface area contributed by atoms with Gasteiger partial charge in [-0.3, -0.25) is 9.52 Å². The third-order valence-corrected chi connectivity index (χ3v) is 4.58. The van der Waals surface area contributed by atoms with Crippen LogP contribution in [0.5, 0.6) is 5.75 Å². The molecule has 0 bridgehead atoms. The number of rotatable bonds is 6. The number of carbonyl (C=O) groups is 1. The predicted molar refractivity (Wildman–Crippen MR) is 89.6 cm³/mol. The standard InChI is InChI=1S/C15H13ClF2N2O4S/c1-9(21)19-14-7-6-12(8-13(14)16)25(22,23)20-10-2-4-11(5-3-10)24-15(17)18/h2-8,15,20H,1H3,(H,19,21). The Hall–Kier alpha value is -2.39. The van der Waals surface area contributed by atoms with Crippen molar-refractivity contribution in [3.8, 4) is 5.75 Å². The largest absolute Gasteiger partial charge is 0.435 e. The lowest BCUT2D eigenvalue weighted by atomic mass is 10.3. The average Bonchev–Trinajstić information content (AvgIpc) is 2.50. The highest BCUT2D eigenvalue weighted by Gasteiger charge is 2.16. The van der Waals surface area contributed by atoms with Crippen molar-refractivity contribution in [2.45, 2.75) is 18.4 Å². The minimum Gasteiger partial charge on any atom is -0.435 e. The quantitative estimate of drug-likeness (QED) is 0.787. The van der Waals surface area contributed by atoms with Gasteiger partial charge in [-0.25, -0.2) is 8.42 Å². The number of sulfonamides is 1. The molecular formula is C15H13ClF2N2O4S. The van der Waals surface area contributed by atoms with E-state index in [1.54, 1.807) is 0 Å². The highest BCUT2D eigenvalue weighted by Crippen LogP contribution is 2.27. The molecule has 0 saturated heterocycles. The Kier molecular flexibility index (Phi) is 5.81. The van der Waals surface area contributed by atoms with E-state index in [9.17, 15) is 22.0 Å². The summed E-state index contributed by atoms with van der Waals surface area (Å²) in [5, 5.41) is 2.52. The minimum atomic E-state index is -3.95. The first-order valence-corrected chi connectivity index (χ1v) is 8.68. The van der Waals surface area contributed by atoms with Crippen LogP contribution in [0.1, 0.15) is 6.92 Å². The SMILES string of the molecule is CC(=O)Nc1ccc(S(=O)(=O)Nc2ccc(OC(F)F)cc2)cc1Cl. The van der Waals surface area contributed by atoms with Gasteiger partial charge in [0.1, 0.15) is 5.75 Å². The van der Waals surface area contributed by atoms with E-state index < -0.39 is 16.6 Å². The Morgan fingerprint density at radius 3 is 2.32 bits per heavy atom. The van der Waals surface area contributed by atoms with Crippen LogP contribution in [0.25, 0.3) is 0 Å².